The largest absolute Gasteiger partial charge is 0.339 e. The first kappa shape index (κ1) is 18.9. The summed E-state index contributed by atoms with van der Waals surface area (Å²) in [5.74, 6) is 1.40. The summed E-state index contributed by atoms with van der Waals surface area (Å²) >= 11 is 0. The number of rotatable bonds is 4. The number of carbonyl (C=O) groups is 1. The third-order valence-electron chi connectivity index (χ3n) is 3.40. The standard InChI is InChI=1S/C14H25N5O2.ClH/c1-14(2,3)13-16-11(17-21-13)9-18(4)10-12(20)19-7-5-15-6-8-19;/h15H,5-10H2,1-4H3;1H. The van der Waals surface area contributed by atoms with E-state index < -0.39 is 0 Å². The van der Waals surface area contributed by atoms with Crippen LogP contribution in [-0.2, 0) is 16.8 Å². The van der Waals surface area contributed by atoms with Crippen molar-refractivity contribution in [2.45, 2.75) is 32.7 Å². The van der Waals surface area contributed by atoms with Gasteiger partial charge in [-0.15, -0.1) is 12.4 Å². The summed E-state index contributed by atoms with van der Waals surface area (Å²) in [6.45, 7) is 10.3. The molecule has 1 amide bonds. The highest BCUT2D eigenvalue weighted by atomic mass is 35.5. The Labute approximate surface area is 137 Å². The average molecular weight is 332 g/mol. The Balaban J connectivity index is 0.00000242. The van der Waals surface area contributed by atoms with Crippen molar-refractivity contribution >= 4 is 18.3 Å². The Kier molecular flexibility index (Phi) is 6.77. The first-order valence-corrected chi connectivity index (χ1v) is 7.36. The number of nitrogens with zero attached hydrogens (tertiary/aromatic N) is 4. The minimum atomic E-state index is -0.152. The topological polar surface area (TPSA) is 74.5 Å². The summed E-state index contributed by atoms with van der Waals surface area (Å²) in [6, 6.07) is 0. The SMILES string of the molecule is CN(CC(=O)N1CCNCC1)Cc1noc(C(C)(C)C)n1.Cl. The smallest absolute Gasteiger partial charge is 0.236 e. The molecule has 1 aliphatic heterocycles. The highest BCUT2D eigenvalue weighted by Gasteiger charge is 2.23. The first-order chi connectivity index (χ1) is 9.86. The summed E-state index contributed by atoms with van der Waals surface area (Å²) in [5.41, 5.74) is -0.152. The Morgan fingerprint density at radius 2 is 2.00 bits per heavy atom. The highest BCUT2D eigenvalue weighted by molar-refractivity contribution is 5.85. The van der Waals surface area contributed by atoms with Gasteiger partial charge in [0.25, 0.3) is 0 Å². The number of hydrogen-bond donors (Lipinski definition) is 1. The monoisotopic (exact) mass is 331 g/mol. The molecule has 1 aromatic heterocycles. The fourth-order valence-corrected chi connectivity index (χ4v) is 2.17. The van der Waals surface area contributed by atoms with Crippen LogP contribution in [-0.4, -0.2) is 65.6 Å². The van der Waals surface area contributed by atoms with Crippen molar-refractivity contribution in [3.63, 3.8) is 0 Å². The van der Waals surface area contributed by atoms with E-state index in [0.717, 1.165) is 26.2 Å². The van der Waals surface area contributed by atoms with Gasteiger partial charge >= 0.3 is 0 Å². The molecular formula is C14H26ClN5O2. The van der Waals surface area contributed by atoms with Crippen LogP contribution in [0.5, 0.6) is 0 Å². The van der Waals surface area contributed by atoms with Crippen LogP contribution in [0.4, 0.5) is 0 Å². The van der Waals surface area contributed by atoms with E-state index in [9.17, 15) is 4.79 Å². The number of likely N-dealkylation sites (N-methyl/N-ethyl adjacent to an activating group) is 1. The molecule has 22 heavy (non-hydrogen) atoms. The second-order valence-corrected chi connectivity index (χ2v) is 6.57. The van der Waals surface area contributed by atoms with E-state index in [1.807, 2.05) is 37.6 Å². The molecule has 1 aromatic rings. The van der Waals surface area contributed by atoms with Crippen LogP contribution in [0.3, 0.4) is 0 Å². The fourth-order valence-electron chi connectivity index (χ4n) is 2.17. The number of hydrogen-bond acceptors (Lipinski definition) is 6. The molecule has 1 aliphatic rings. The quantitative estimate of drug-likeness (QED) is 0.873. The predicted molar refractivity (Wildman–Crippen MR) is 86.0 cm³/mol. The number of carbonyl (C=O) groups excluding carboxylic acids is 1. The molecular weight excluding hydrogens is 306 g/mol. The van der Waals surface area contributed by atoms with Crippen LogP contribution in [0.1, 0.15) is 32.5 Å². The van der Waals surface area contributed by atoms with Crippen LogP contribution in [0.25, 0.3) is 0 Å². The predicted octanol–water partition coefficient (Wildman–Crippen LogP) is 0.653. The number of amides is 1. The van der Waals surface area contributed by atoms with Gasteiger partial charge in [-0.05, 0) is 7.05 Å². The van der Waals surface area contributed by atoms with E-state index in [0.29, 0.717) is 24.8 Å². The molecule has 0 aliphatic carbocycles. The van der Waals surface area contributed by atoms with Gasteiger partial charge in [-0.3, -0.25) is 9.69 Å². The molecule has 7 nitrogen and oxygen atoms in total. The third kappa shape index (κ3) is 5.23. The number of nitrogens with one attached hydrogen (secondary N) is 1. The molecule has 0 unspecified atom stereocenters. The molecule has 0 spiro atoms. The minimum Gasteiger partial charge on any atom is -0.339 e. The maximum Gasteiger partial charge on any atom is 0.236 e. The normalized spacial score (nSPS) is 15.8. The molecule has 0 atom stereocenters. The lowest BCUT2D eigenvalue weighted by Crippen LogP contribution is -2.49. The van der Waals surface area contributed by atoms with E-state index in [4.69, 9.17) is 4.52 Å². The number of piperazine rings is 1. The summed E-state index contributed by atoms with van der Waals surface area (Å²) in [5, 5.41) is 7.22. The Morgan fingerprint density at radius 3 is 2.55 bits per heavy atom. The maximum absolute atomic E-state index is 12.2. The molecule has 1 saturated heterocycles. The molecule has 2 heterocycles. The second kappa shape index (κ2) is 7.89. The number of aromatic nitrogens is 2. The van der Waals surface area contributed by atoms with E-state index in [1.165, 1.54) is 0 Å². The van der Waals surface area contributed by atoms with E-state index >= 15 is 0 Å². The van der Waals surface area contributed by atoms with Crippen molar-refractivity contribution in [3.8, 4) is 0 Å². The summed E-state index contributed by atoms with van der Waals surface area (Å²) in [4.78, 5) is 20.4. The third-order valence-corrected chi connectivity index (χ3v) is 3.40. The van der Waals surface area contributed by atoms with Gasteiger partial charge in [0.05, 0.1) is 13.1 Å². The lowest BCUT2D eigenvalue weighted by molar-refractivity contribution is -0.132. The minimum absolute atomic E-state index is 0. The van der Waals surface area contributed by atoms with E-state index in [2.05, 4.69) is 15.5 Å². The molecule has 0 bridgehead atoms. The molecule has 8 heteroatoms. The van der Waals surface area contributed by atoms with Crippen LogP contribution in [0.15, 0.2) is 4.52 Å². The van der Waals surface area contributed by atoms with Gasteiger partial charge in [0.1, 0.15) is 0 Å². The Bertz CT molecular complexity index is 480. The molecule has 1 N–H and O–H groups in total. The summed E-state index contributed by atoms with van der Waals surface area (Å²) < 4.78 is 5.26. The van der Waals surface area contributed by atoms with Crippen LogP contribution in [0.2, 0.25) is 0 Å². The van der Waals surface area contributed by atoms with Gasteiger partial charge in [-0.1, -0.05) is 25.9 Å². The van der Waals surface area contributed by atoms with Gasteiger partial charge in [-0.2, -0.15) is 4.98 Å². The van der Waals surface area contributed by atoms with Crippen molar-refractivity contribution in [3.05, 3.63) is 11.7 Å². The summed E-state index contributed by atoms with van der Waals surface area (Å²) in [6.07, 6.45) is 0. The van der Waals surface area contributed by atoms with Gasteiger partial charge < -0.3 is 14.7 Å². The van der Waals surface area contributed by atoms with Crippen molar-refractivity contribution in [1.29, 1.82) is 0 Å². The van der Waals surface area contributed by atoms with Crippen molar-refractivity contribution in [2.24, 2.45) is 0 Å². The summed E-state index contributed by atoms with van der Waals surface area (Å²) in [7, 11) is 1.90. The van der Waals surface area contributed by atoms with Gasteiger partial charge in [0.15, 0.2) is 5.82 Å². The molecule has 1 fully saturated rings. The molecule has 0 saturated carbocycles. The highest BCUT2D eigenvalue weighted by Crippen LogP contribution is 2.19. The van der Waals surface area contributed by atoms with Gasteiger partial charge in [0, 0.05) is 31.6 Å². The number of halogens is 1. The zero-order valence-electron chi connectivity index (χ0n) is 13.8. The second-order valence-electron chi connectivity index (χ2n) is 6.57. The van der Waals surface area contributed by atoms with E-state index in [1.54, 1.807) is 0 Å². The molecule has 126 valence electrons. The van der Waals surface area contributed by atoms with Gasteiger partial charge in [-0.25, -0.2) is 0 Å². The zero-order chi connectivity index (χ0) is 15.5. The lowest BCUT2D eigenvalue weighted by Gasteiger charge is -2.29. The van der Waals surface area contributed by atoms with Gasteiger partial charge in [0.2, 0.25) is 11.8 Å². The molecule has 0 radical (unpaired) electrons. The zero-order valence-corrected chi connectivity index (χ0v) is 14.6. The van der Waals surface area contributed by atoms with Crippen molar-refractivity contribution < 1.29 is 9.32 Å². The van der Waals surface area contributed by atoms with E-state index in [-0.39, 0.29) is 23.7 Å². The fraction of sp³-hybridized carbons (Fsp3) is 0.786. The Morgan fingerprint density at radius 1 is 1.36 bits per heavy atom. The average Bonchev–Trinajstić information content (AvgIpc) is 2.88. The van der Waals surface area contributed by atoms with Crippen LogP contribution >= 0.6 is 12.4 Å². The van der Waals surface area contributed by atoms with Crippen LogP contribution < -0.4 is 5.32 Å². The van der Waals surface area contributed by atoms with Crippen LogP contribution in [0, 0.1) is 0 Å². The lowest BCUT2D eigenvalue weighted by atomic mass is 9.97. The maximum atomic E-state index is 12.2. The molecule has 0 aromatic carbocycles. The Hall–Kier alpha value is -1.18. The first-order valence-electron chi connectivity index (χ1n) is 7.36. The van der Waals surface area contributed by atoms with Crippen molar-refractivity contribution in [1.82, 2.24) is 25.3 Å². The molecule has 2 rings (SSSR count). The van der Waals surface area contributed by atoms with Crippen molar-refractivity contribution in [2.75, 3.05) is 39.8 Å².